The Morgan fingerprint density at radius 2 is 1.96 bits per heavy atom. The summed E-state index contributed by atoms with van der Waals surface area (Å²) >= 11 is 0. The number of nitrogens with zero attached hydrogens (tertiary/aromatic N) is 4. The number of para-hydroxylation sites is 1. The number of rotatable bonds is 2. The number of amides is 1. The second-order valence-electron chi connectivity index (χ2n) is 6.83. The molecule has 1 atom stereocenters. The molecule has 5 heteroatoms. The van der Waals surface area contributed by atoms with E-state index in [1.54, 1.807) is 0 Å². The normalized spacial score (nSPS) is 17.6. The number of hydrogen-bond acceptors (Lipinski definition) is 3. The predicted octanol–water partition coefficient (Wildman–Crippen LogP) is 2.45. The third-order valence-electron chi connectivity index (χ3n) is 5.12. The lowest BCUT2D eigenvalue weighted by molar-refractivity contribution is -0.132. The van der Waals surface area contributed by atoms with Crippen LogP contribution in [0.25, 0.3) is 0 Å². The minimum atomic E-state index is 0.173. The van der Waals surface area contributed by atoms with E-state index >= 15 is 0 Å². The van der Waals surface area contributed by atoms with Gasteiger partial charge in [0.05, 0.1) is 12.1 Å². The number of carbonyl (C=O) groups is 1. The molecule has 2 aromatic rings. The van der Waals surface area contributed by atoms with Crippen molar-refractivity contribution in [3.8, 4) is 0 Å². The van der Waals surface area contributed by atoms with E-state index < -0.39 is 0 Å². The predicted molar refractivity (Wildman–Crippen MR) is 96.1 cm³/mol. The topological polar surface area (TPSA) is 41.4 Å². The van der Waals surface area contributed by atoms with Crippen molar-refractivity contribution in [2.75, 3.05) is 18.5 Å². The van der Waals surface area contributed by atoms with Gasteiger partial charge in [-0.1, -0.05) is 18.2 Å². The Morgan fingerprint density at radius 3 is 2.62 bits per heavy atom. The molecule has 1 aromatic heterocycles. The highest BCUT2D eigenvalue weighted by Gasteiger charge is 2.27. The molecule has 2 heterocycles. The molecule has 0 aliphatic carbocycles. The maximum atomic E-state index is 13.0. The van der Waals surface area contributed by atoms with E-state index in [0.717, 1.165) is 23.5 Å². The van der Waals surface area contributed by atoms with Crippen LogP contribution in [0.5, 0.6) is 0 Å². The fraction of sp³-hybridized carbons (Fsp3) is 0.474. The van der Waals surface area contributed by atoms with Crippen LogP contribution in [0.2, 0.25) is 0 Å². The van der Waals surface area contributed by atoms with Gasteiger partial charge >= 0.3 is 0 Å². The number of likely N-dealkylation sites (N-methyl/N-ethyl adjacent to an activating group) is 1. The molecule has 1 amide bonds. The fourth-order valence-corrected chi connectivity index (χ4v) is 3.61. The number of anilines is 1. The van der Waals surface area contributed by atoms with Crippen LogP contribution in [0.1, 0.15) is 29.4 Å². The lowest BCUT2D eigenvalue weighted by Gasteiger charge is -2.28. The van der Waals surface area contributed by atoms with E-state index in [0.29, 0.717) is 13.0 Å². The molecule has 24 heavy (non-hydrogen) atoms. The summed E-state index contributed by atoms with van der Waals surface area (Å²) in [6.07, 6.45) is 0.418. The molecule has 0 saturated heterocycles. The molecular formula is C19H26N4O. The van der Waals surface area contributed by atoms with Gasteiger partial charge in [0.15, 0.2) is 0 Å². The molecule has 0 saturated carbocycles. The molecule has 5 nitrogen and oxygen atoms in total. The third kappa shape index (κ3) is 2.90. The van der Waals surface area contributed by atoms with Crippen LogP contribution in [-0.2, 0) is 24.8 Å². The van der Waals surface area contributed by atoms with Crippen LogP contribution in [0.4, 0.5) is 5.69 Å². The first-order chi connectivity index (χ1) is 11.4. The fourth-order valence-electron chi connectivity index (χ4n) is 3.61. The summed E-state index contributed by atoms with van der Waals surface area (Å²) in [4.78, 5) is 17.3. The first-order valence-electron chi connectivity index (χ1n) is 8.46. The average molecular weight is 326 g/mol. The molecule has 128 valence electrons. The van der Waals surface area contributed by atoms with Gasteiger partial charge in [-0.3, -0.25) is 9.48 Å². The van der Waals surface area contributed by atoms with Crippen LogP contribution < -0.4 is 4.90 Å². The van der Waals surface area contributed by atoms with Crippen molar-refractivity contribution in [2.45, 2.75) is 39.8 Å². The minimum Gasteiger partial charge on any atom is -0.372 e. The van der Waals surface area contributed by atoms with Crippen molar-refractivity contribution >= 4 is 11.6 Å². The molecule has 1 aliphatic rings. The van der Waals surface area contributed by atoms with Crippen molar-refractivity contribution in [2.24, 2.45) is 7.05 Å². The number of hydrogen-bond donors (Lipinski definition) is 0. The highest BCUT2D eigenvalue weighted by atomic mass is 16.2. The van der Waals surface area contributed by atoms with Gasteiger partial charge in [-0.25, -0.2) is 0 Å². The Hall–Kier alpha value is -2.30. The van der Waals surface area contributed by atoms with Crippen molar-refractivity contribution < 1.29 is 4.79 Å². The van der Waals surface area contributed by atoms with Crippen molar-refractivity contribution in [1.82, 2.24) is 14.7 Å². The van der Waals surface area contributed by atoms with E-state index in [-0.39, 0.29) is 11.9 Å². The molecule has 0 unspecified atom stereocenters. The second-order valence-corrected chi connectivity index (χ2v) is 6.83. The maximum absolute atomic E-state index is 13.0. The molecule has 3 rings (SSSR count). The van der Waals surface area contributed by atoms with Gasteiger partial charge in [0, 0.05) is 50.2 Å². The number of fused-ring (bicyclic) bond motifs is 1. The second kappa shape index (κ2) is 6.30. The first-order valence-corrected chi connectivity index (χ1v) is 8.46. The van der Waals surface area contributed by atoms with Crippen molar-refractivity contribution in [3.63, 3.8) is 0 Å². The lowest BCUT2D eigenvalue weighted by atomic mass is 10.1. The molecule has 0 fully saturated rings. The van der Waals surface area contributed by atoms with Gasteiger partial charge in [0.1, 0.15) is 0 Å². The van der Waals surface area contributed by atoms with Gasteiger partial charge in [-0.15, -0.1) is 0 Å². The molecule has 0 N–H and O–H groups in total. The molecule has 0 spiro atoms. The highest BCUT2D eigenvalue weighted by Crippen LogP contribution is 2.26. The molecule has 0 bridgehead atoms. The van der Waals surface area contributed by atoms with Crippen molar-refractivity contribution in [3.05, 3.63) is 46.8 Å². The zero-order chi connectivity index (χ0) is 17.4. The standard InChI is InChI=1S/C19H26N4O/c1-13-11-21(4)18-9-7-6-8-16(18)12-23(13)19(24)10-17-14(2)20-22(5)15(17)3/h6-9,13H,10-12H2,1-5H3/t13-/m1/s1. The molecular weight excluding hydrogens is 300 g/mol. The van der Waals surface area contributed by atoms with E-state index in [2.05, 4.69) is 42.2 Å². The summed E-state index contributed by atoms with van der Waals surface area (Å²) in [5, 5.41) is 4.43. The maximum Gasteiger partial charge on any atom is 0.227 e. The average Bonchev–Trinajstić information content (AvgIpc) is 2.70. The molecule has 0 radical (unpaired) electrons. The Morgan fingerprint density at radius 1 is 1.25 bits per heavy atom. The smallest absolute Gasteiger partial charge is 0.227 e. The monoisotopic (exact) mass is 326 g/mol. The first kappa shape index (κ1) is 16.6. The number of aryl methyl sites for hydroxylation is 2. The summed E-state index contributed by atoms with van der Waals surface area (Å²) in [5.74, 6) is 0.173. The van der Waals surface area contributed by atoms with Crippen molar-refractivity contribution in [1.29, 1.82) is 0 Å². The van der Waals surface area contributed by atoms with Crippen LogP contribution in [0, 0.1) is 13.8 Å². The zero-order valence-electron chi connectivity index (χ0n) is 15.2. The Labute approximate surface area is 143 Å². The number of aromatic nitrogens is 2. The van der Waals surface area contributed by atoms with Gasteiger partial charge in [0.25, 0.3) is 0 Å². The summed E-state index contributed by atoms with van der Waals surface area (Å²) in [7, 11) is 4.02. The summed E-state index contributed by atoms with van der Waals surface area (Å²) in [5.41, 5.74) is 5.50. The van der Waals surface area contributed by atoms with Gasteiger partial charge < -0.3 is 9.80 Å². The Bertz CT molecular complexity index is 765. The van der Waals surface area contributed by atoms with E-state index in [1.807, 2.05) is 36.5 Å². The Kier molecular flexibility index (Phi) is 4.35. The number of benzene rings is 1. The van der Waals surface area contributed by atoms with Crippen LogP contribution in [0.3, 0.4) is 0 Å². The minimum absolute atomic E-state index is 0.173. The van der Waals surface area contributed by atoms with Gasteiger partial charge in [0.2, 0.25) is 5.91 Å². The molecule has 1 aromatic carbocycles. The molecule has 1 aliphatic heterocycles. The zero-order valence-corrected chi connectivity index (χ0v) is 15.2. The summed E-state index contributed by atoms with van der Waals surface area (Å²) < 4.78 is 1.85. The Balaban J connectivity index is 1.87. The summed E-state index contributed by atoms with van der Waals surface area (Å²) in [6.45, 7) is 7.64. The van der Waals surface area contributed by atoms with Crippen LogP contribution >= 0.6 is 0 Å². The summed E-state index contributed by atoms with van der Waals surface area (Å²) in [6, 6.07) is 8.52. The SMILES string of the molecule is Cc1nn(C)c(C)c1CC(=O)N1Cc2ccccc2N(C)C[C@H]1C. The van der Waals surface area contributed by atoms with E-state index in [1.165, 1.54) is 11.3 Å². The number of carbonyl (C=O) groups excluding carboxylic acids is 1. The van der Waals surface area contributed by atoms with Crippen LogP contribution in [-0.4, -0.2) is 40.2 Å². The highest BCUT2D eigenvalue weighted by molar-refractivity contribution is 5.80. The van der Waals surface area contributed by atoms with Gasteiger partial charge in [-0.2, -0.15) is 5.10 Å². The van der Waals surface area contributed by atoms with E-state index in [4.69, 9.17) is 0 Å². The van der Waals surface area contributed by atoms with E-state index in [9.17, 15) is 4.79 Å². The lowest BCUT2D eigenvalue weighted by Crippen LogP contribution is -2.42. The van der Waals surface area contributed by atoms with Crippen LogP contribution in [0.15, 0.2) is 24.3 Å². The van der Waals surface area contributed by atoms with Gasteiger partial charge in [-0.05, 0) is 32.4 Å². The quantitative estimate of drug-likeness (QED) is 0.851. The largest absolute Gasteiger partial charge is 0.372 e. The third-order valence-corrected chi connectivity index (χ3v) is 5.12.